The van der Waals surface area contributed by atoms with Crippen molar-refractivity contribution in [3.05, 3.63) is 29.3 Å². The van der Waals surface area contributed by atoms with Crippen LogP contribution in [-0.2, 0) is 6.42 Å². The lowest BCUT2D eigenvalue weighted by molar-refractivity contribution is 0.668. The van der Waals surface area contributed by atoms with Gasteiger partial charge in [-0.2, -0.15) is 0 Å². The van der Waals surface area contributed by atoms with E-state index in [1.54, 1.807) is 23.1 Å². The molecule has 0 saturated carbocycles. The van der Waals surface area contributed by atoms with Gasteiger partial charge in [0.15, 0.2) is 0 Å². The van der Waals surface area contributed by atoms with Crippen LogP contribution in [0.5, 0.6) is 0 Å². The highest BCUT2D eigenvalue weighted by Crippen LogP contribution is 2.25. The first-order chi connectivity index (χ1) is 9.33. The Morgan fingerprint density at radius 3 is 2.63 bits per heavy atom. The van der Waals surface area contributed by atoms with Gasteiger partial charge in [0.25, 0.3) is 0 Å². The number of benzene rings is 1. The quantitative estimate of drug-likeness (QED) is 0.626. The minimum absolute atomic E-state index is 0.959. The molecule has 0 radical (unpaired) electrons. The zero-order chi connectivity index (χ0) is 13.5. The van der Waals surface area contributed by atoms with E-state index in [2.05, 4.69) is 53.0 Å². The van der Waals surface area contributed by atoms with Crippen molar-refractivity contribution in [3.8, 4) is 10.6 Å². The van der Waals surface area contributed by atoms with Gasteiger partial charge in [-0.15, -0.1) is 22.0 Å². The molecule has 2 aromatic rings. The fourth-order valence-electron chi connectivity index (χ4n) is 1.70. The molecule has 0 aliphatic heterocycles. The Kier molecular flexibility index (Phi) is 5.82. The predicted octanol–water partition coefficient (Wildman–Crippen LogP) is 3.47. The van der Waals surface area contributed by atoms with Gasteiger partial charge in [-0.05, 0) is 31.4 Å². The second-order valence-electron chi connectivity index (χ2n) is 4.23. The standard InChI is InChI=1S/C14H19N3S2/c1-3-9-15-10-8-13-16-17-14(19-13)11-4-6-12(18-2)7-5-11/h4-7,15H,3,8-10H2,1-2H3. The normalized spacial score (nSPS) is 10.8. The molecule has 0 amide bonds. The first-order valence-corrected chi connectivity index (χ1v) is 8.55. The maximum atomic E-state index is 4.27. The first kappa shape index (κ1) is 14.5. The molecule has 1 N–H and O–H groups in total. The van der Waals surface area contributed by atoms with E-state index < -0.39 is 0 Å². The molecule has 19 heavy (non-hydrogen) atoms. The highest BCUT2D eigenvalue weighted by atomic mass is 32.2. The van der Waals surface area contributed by atoms with E-state index >= 15 is 0 Å². The minimum Gasteiger partial charge on any atom is -0.316 e. The molecule has 0 saturated heterocycles. The van der Waals surface area contributed by atoms with Crippen molar-refractivity contribution in [1.29, 1.82) is 0 Å². The number of aromatic nitrogens is 2. The summed E-state index contributed by atoms with van der Waals surface area (Å²) in [5, 5.41) is 14.0. The molecule has 3 nitrogen and oxygen atoms in total. The van der Waals surface area contributed by atoms with Gasteiger partial charge in [0.2, 0.25) is 0 Å². The van der Waals surface area contributed by atoms with Crippen molar-refractivity contribution in [2.75, 3.05) is 19.3 Å². The minimum atomic E-state index is 0.959. The van der Waals surface area contributed by atoms with Crippen LogP contribution in [0.1, 0.15) is 18.4 Å². The van der Waals surface area contributed by atoms with E-state index in [1.807, 2.05) is 0 Å². The third kappa shape index (κ3) is 4.30. The lowest BCUT2D eigenvalue weighted by atomic mass is 10.2. The fraction of sp³-hybridized carbons (Fsp3) is 0.429. The predicted molar refractivity (Wildman–Crippen MR) is 84.0 cm³/mol. The van der Waals surface area contributed by atoms with Gasteiger partial charge >= 0.3 is 0 Å². The van der Waals surface area contributed by atoms with E-state index in [0.717, 1.165) is 35.1 Å². The van der Waals surface area contributed by atoms with Crippen LogP contribution in [0.15, 0.2) is 29.2 Å². The monoisotopic (exact) mass is 293 g/mol. The van der Waals surface area contributed by atoms with Gasteiger partial charge < -0.3 is 5.32 Å². The van der Waals surface area contributed by atoms with Crippen LogP contribution >= 0.6 is 23.1 Å². The Hall–Kier alpha value is -0.910. The summed E-state index contributed by atoms with van der Waals surface area (Å²) in [5.74, 6) is 0. The third-order valence-electron chi connectivity index (χ3n) is 2.75. The van der Waals surface area contributed by atoms with Crippen molar-refractivity contribution in [1.82, 2.24) is 15.5 Å². The van der Waals surface area contributed by atoms with Crippen LogP contribution in [0.2, 0.25) is 0 Å². The summed E-state index contributed by atoms with van der Waals surface area (Å²) in [5.41, 5.74) is 1.16. The summed E-state index contributed by atoms with van der Waals surface area (Å²) in [6, 6.07) is 8.49. The topological polar surface area (TPSA) is 37.8 Å². The summed E-state index contributed by atoms with van der Waals surface area (Å²) < 4.78 is 0. The molecule has 1 aromatic carbocycles. The maximum absolute atomic E-state index is 4.27. The van der Waals surface area contributed by atoms with Gasteiger partial charge in [0, 0.05) is 23.4 Å². The van der Waals surface area contributed by atoms with E-state index in [4.69, 9.17) is 0 Å². The van der Waals surface area contributed by atoms with Gasteiger partial charge in [-0.1, -0.05) is 30.4 Å². The van der Waals surface area contributed by atoms with Crippen LogP contribution in [0.25, 0.3) is 10.6 Å². The molecule has 0 unspecified atom stereocenters. The van der Waals surface area contributed by atoms with Crippen LogP contribution in [0, 0.1) is 0 Å². The smallest absolute Gasteiger partial charge is 0.147 e. The number of thioether (sulfide) groups is 1. The lowest BCUT2D eigenvalue weighted by Crippen LogP contribution is -2.17. The van der Waals surface area contributed by atoms with E-state index in [1.165, 1.54) is 11.3 Å². The Morgan fingerprint density at radius 2 is 1.95 bits per heavy atom. The second-order valence-corrected chi connectivity index (χ2v) is 6.17. The summed E-state index contributed by atoms with van der Waals surface area (Å²) in [7, 11) is 0. The molecule has 0 spiro atoms. The molecular weight excluding hydrogens is 274 g/mol. The van der Waals surface area contributed by atoms with E-state index in [0.29, 0.717) is 0 Å². The average Bonchev–Trinajstić information content (AvgIpc) is 2.92. The number of hydrogen-bond acceptors (Lipinski definition) is 5. The summed E-state index contributed by atoms with van der Waals surface area (Å²) in [4.78, 5) is 1.28. The Balaban J connectivity index is 1.95. The van der Waals surface area contributed by atoms with Crippen LogP contribution in [0.3, 0.4) is 0 Å². The van der Waals surface area contributed by atoms with Crippen molar-refractivity contribution in [2.45, 2.75) is 24.7 Å². The molecular formula is C14H19N3S2. The third-order valence-corrected chi connectivity index (χ3v) is 4.52. The molecule has 0 aliphatic rings. The van der Waals surface area contributed by atoms with Crippen molar-refractivity contribution in [3.63, 3.8) is 0 Å². The highest BCUT2D eigenvalue weighted by Gasteiger charge is 2.06. The van der Waals surface area contributed by atoms with Gasteiger partial charge in [-0.25, -0.2) is 0 Å². The Morgan fingerprint density at radius 1 is 1.16 bits per heavy atom. The number of nitrogens with zero attached hydrogens (tertiary/aromatic N) is 2. The fourth-order valence-corrected chi connectivity index (χ4v) is 2.95. The number of rotatable bonds is 7. The molecule has 0 bridgehead atoms. The van der Waals surface area contributed by atoms with Crippen LogP contribution in [0.4, 0.5) is 0 Å². The van der Waals surface area contributed by atoms with Crippen LogP contribution < -0.4 is 5.32 Å². The number of hydrogen-bond donors (Lipinski definition) is 1. The zero-order valence-corrected chi connectivity index (χ0v) is 13.0. The molecule has 0 aliphatic carbocycles. The molecule has 0 fully saturated rings. The van der Waals surface area contributed by atoms with Gasteiger partial charge in [0.05, 0.1) is 0 Å². The van der Waals surface area contributed by atoms with E-state index in [-0.39, 0.29) is 0 Å². The summed E-state index contributed by atoms with van der Waals surface area (Å²) in [6.07, 6.45) is 4.21. The molecule has 1 heterocycles. The molecule has 5 heteroatoms. The molecule has 1 aromatic heterocycles. The summed E-state index contributed by atoms with van der Waals surface area (Å²) >= 11 is 3.44. The van der Waals surface area contributed by atoms with E-state index in [9.17, 15) is 0 Å². The first-order valence-electron chi connectivity index (χ1n) is 6.51. The largest absolute Gasteiger partial charge is 0.316 e. The molecule has 102 valence electrons. The van der Waals surface area contributed by atoms with Crippen molar-refractivity contribution in [2.24, 2.45) is 0 Å². The maximum Gasteiger partial charge on any atom is 0.147 e. The average molecular weight is 293 g/mol. The number of nitrogens with one attached hydrogen (secondary N) is 1. The van der Waals surface area contributed by atoms with Crippen LogP contribution in [-0.4, -0.2) is 29.5 Å². The van der Waals surface area contributed by atoms with Crippen molar-refractivity contribution >= 4 is 23.1 Å². The zero-order valence-electron chi connectivity index (χ0n) is 11.3. The SMILES string of the molecule is CCCNCCc1nnc(-c2ccc(SC)cc2)s1. The Bertz CT molecular complexity index is 494. The summed E-state index contributed by atoms with van der Waals surface area (Å²) in [6.45, 7) is 4.23. The molecule has 2 rings (SSSR count). The lowest BCUT2D eigenvalue weighted by Gasteiger charge is -1.99. The van der Waals surface area contributed by atoms with Gasteiger partial charge in [-0.3, -0.25) is 0 Å². The highest BCUT2D eigenvalue weighted by molar-refractivity contribution is 7.98. The van der Waals surface area contributed by atoms with Crippen molar-refractivity contribution < 1.29 is 0 Å². The Labute approximate surface area is 122 Å². The second kappa shape index (κ2) is 7.62. The molecule has 0 atom stereocenters. The van der Waals surface area contributed by atoms with Gasteiger partial charge in [0.1, 0.15) is 10.0 Å².